The molecule has 8 aliphatic rings. The molecule has 0 bridgehead atoms. The zero-order valence-electron chi connectivity index (χ0n) is 41.1. The van der Waals surface area contributed by atoms with E-state index in [1.54, 1.807) is 11.1 Å². The van der Waals surface area contributed by atoms with Crippen LogP contribution in [-0.2, 0) is 29.8 Å². The maximum atomic E-state index is 12.6. The number of allylic oxidation sites excluding steroid dienone is 2. The number of amides is 2. The summed E-state index contributed by atoms with van der Waals surface area (Å²) in [5.41, 5.74) is 4.07. The first-order valence-corrected chi connectivity index (χ1v) is 29.6. The van der Waals surface area contributed by atoms with Crippen LogP contribution in [0.5, 0.6) is 0 Å². The monoisotopic (exact) mass is 963 g/mol. The van der Waals surface area contributed by atoms with Crippen molar-refractivity contribution < 1.29 is 45.7 Å². The van der Waals surface area contributed by atoms with Crippen molar-refractivity contribution in [3.05, 3.63) is 11.1 Å². The summed E-state index contributed by atoms with van der Waals surface area (Å²) in [7, 11) is -8.21. The second-order valence-electron chi connectivity index (χ2n) is 25.0. The van der Waals surface area contributed by atoms with Crippen LogP contribution in [0.1, 0.15) is 170 Å². The van der Waals surface area contributed by atoms with E-state index < -0.39 is 31.7 Å². The van der Waals surface area contributed by atoms with Crippen LogP contribution in [0.25, 0.3) is 0 Å². The third-order valence-electron chi connectivity index (χ3n) is 22.1. The van der Waals surface area contributed by atoms with Crippen molar-refractivity contribution >= 4 is 32.1 Å². The van der Waals surface area contributed by atoms with E-state index in [1.165, 1.54) is 38.5 Å². The smallest absolute Gasteiger partial charge is 0.266 e. The van der Waals surface area contributed by atoms with E-state index in [4.69, 9.17) is 9.11 Å². The lowest BCUT2D eigenvalue weighted by Crippen LogP contribution is -2.58. The van der Waals surface area contributed by atoms with E-state index in [0.717, 1.165) is 77.0 Å². The summed E-state index contributed by atoms with van der Waals surface area (Å²) in [6.07, 6.45) is 19.6. The predicted molar refractivity (Wildman–Crippen MR) is 256 cm³/mol. The molecular formula is C52H86N2O10S2. The molecule has 14 heteroatoms. The van der Waals surface area contributed by atoms with E-state index in [9.17, 15) is 36.6 Å². The largest absolute Gasteiger partial charge is 0.393 e. The molecule has 66 heavy (non-hydrogen) atoms. The van der Waals surface area contributed by atoms with Crippen molar-refractivity contribution in [2.75, 3.05) is 24.6 Å². The van der Waals surface area contributed by atoms with Crippen LogP contribution in [-0.4, -0.2) is 84.8 Å². The van der Waals surface area contributed by atoms with Gasteiger partial charge in [-0.1, -0.05) is 52.7 Å². The van der Waals surface area contributed by atoms with Crippen LogP contribution in [0.4, 0.5) is 0 Å². The molecule has 0 aromatic rings. The first-order chi connectivity index (χ1) is 30.9. The lowest BCUT2D eigenvalue weighted by molar-refractivity contribution is -0.162. The van der Waals surface area contributed by atoms with Gasteiger partial charge in [-0.05, 0) is 208 Å². The van der Waals surface area contributed by atoms with Gasteiger partial charge in [0.25, 0.3) is 20.2 Å². The summed E-state index contributed by atoms with van der Waals surface area (Å²) in [6, 6.07) is 0. The summed E-state index contributed by atoms with van der Waals surface area (Å²) in [6.45, 7) is 14.5. The van der Waals surface area contributed by atoms with Gasteiger partial charge < -0.3 is 20.8 Å². The van der Waals surface area contributed by atoms with Gasteiger partial charge in [-0.15, -0.1) is 0 Å². The molecule has 8 rings (SSSR count). The van der Waals surface area contributed by atoms with Crippen LogP contribution in [0.15, 0.2) is 11.1 Å². The van der Waals surface area contributed by atoms with Gasteiger partial charge in [-0.3, -0.25) is 18.7 Å². The van der Waals surface area contributed by atoms with Gasteiger partial charge in [-0.25, -0.2) is 0 Å². The van der Waals surface area contributed by atoms with Gasteiger partial charge in [0.15, 0.2) is 0 Å². The Morgan fingerprint density at radius 3 is 1.30 bits per heavy atom. The Hall–Kier alpha value is -1.58. The van der Waals surface area contributed by atoms with Gasteiger partial charge in [0, 0.05) is 25.9 Å². The molecule has 8 aliphatic carbocycles. The average molecular weight is 963 g/mol. The Labute approximate surface area is 397 Å². The zero-order valence-corrected chi connectivity index (χ0v) is 42.7. The third kappa shape index (κ3) is 9.62. The minimum Gasteiger partial charge on any atom is -0.393 e. The summed E-state index contributed by atoms with van der Waals surface area (Å²) in [5.74, 6) is 4.06. The second kappa shape index (κ2) is 18.9. The van der Waals surface area contributed by atoms with E-state index in [2.05, 4.69) is 52.2 Å². The van der Waals surface area contributed by atoms with E-state index >= 15 is 0 Å². The molecule has 376 valence electrons. The number of aliphatic hydroxyl groups excluding tert-OH is 2. The molecule has 2 unspecified atom stereocenters. The van der Waals surface area contributed by atoms with E-state index in [0.29, 0.717) is 83.9 Å². The Morgan fingerprint density at radius 2 is 0.939 bits per heavy atom. The van der Waals surface area contributed by atoms with Crippen molar-refractivity contribution in [3.8, 4) is 0 Å². The fourth-order valence-corrected chi connectivity index (χ4v) is 19.3. The Kier molecular flexibility index (Phi) is 14.5. The van der Waals surface area contributed by atoms with E-state index in [1.807, 2.05) is 0 Å². The topological polar surface area (TPSA) is 207 Å². The molecule has 0 radical (unpaired) electrons. The molecule has 0 aliphatic heterocycles. The normalized spacial score (nSPS) is 45.2. The molecule has 6 N–H and O–H groups in total. The molecular weight excluding hydrogens is 877 g/mol. The fourth-order valence-electron chi connectivity index (χ4n) is 18.6. The van der Waals surface area contributed by atoms with E-state index in [-0.39, 0.29) is 58.8 Å². The van der Waals surface area contributed by atoms with Gasteiger partial charge in [0.2, 0.25) is 11.8 Å². The molecule has 18 atom stereocenters. The number of hydrogen-bond donors (Lipinski definition) is 6. The van der Waals surface area contributed by atoms with Gasteiger partial charge in [0.05, 0.1) is 23.7 Å². The Morgan fingerprint density at radius 1 is 0.576 bits per heavy atom. The van der Waals surface area contributed by atoms with Crippen LogP contribution in [0.3, 0.4) is 0 Å². The Balaban J connectivity index is 0.870. The van der Waals surface area contributed by atoms with Crippen LogP contribution in [0.2, 0.25) is 0 Å². The maximum absolute atomic E-state index is 12.6. The number of hydrogen-bond acceptors (Lipinski definition) is 8. The fraction of sp³-hybridized carbons (Fsp3) is 0.923. The summed E-state index contributed by atoms with van der Waals surface area (Å²) in [5, 5.41) is 29.7. The van der Waals surface area contributed by atoms with Crippen LogP contribution >= 0.6 is 0 Å². The quantitative estimate of drug-likeness (QED) is 0.0724. The van der Waals surface area contributed by atoms with Crippen molar-refractivity contribution in [2.24, 2.45) is 92.7 Å². The number of aliphatic hydroxyl groups is 2. The number of nitrogens with one attached hydrogen (secondary N) is 2. The first-order valence-electron chi connectivity index (χ1n) is 26.4. The van der Waals surface area contributed by atoms with Crippen LogP contribution < -0.4 is 10.6 Å². The molecule has 0 heterocycles. The lowest BCUT2D eigenvalue weighted by atomic mass is 9.42. The molecule has 8 saturated carbocycles. The SMILES string of the molecule is C[C@@H](CCC(=O)NCCS(=O)(=O)O)[C@H]1CC[C@@H]2[C@H]3[C@H](O)CC4C/C(=C5\CC[C@@]6(C)C(C5)C[C@H](O)[C@H]5[C@@H]7CC[C@H]([C@@H](C)CCC(=O)NCCS(=O)(=O)O)[C@@]7(C)CC[C@@H]56)CC[C@@]4(C)[C@@H]3CC[C@]21C. The first kappa shape index (κ1) is 50.8. The predicted octanol–water partition coefficient (Wildman–Crippen LogP) is 8.38. The van der Waals surface area contributed by atoms with Crippen molar-refractivity contribution in [1.82, 2.24) is 10.6 Å². The maximum Gasteiger partial charge on any atom is 0.266 e. The molecule has 12 nitrogen and oxygen atoms in total. The average Bonchev–Trinajstić information content (AvgIpc) is 3.78. The summed E-state index contributed by atoms with van der Waals surface area (Å²) in [4.78, 5) is 25.1. The summed E-state index contributed by atoms with van der Waals surface area (Å²) < 4.78 is 62.3. The van der Waals surface area contributed by atoms with Crippen molar-refractivity contribution in [1.29, 1.82) is 0 Å². The Bertz CT molecular complexity index is 1940. The van der Waals surface area contributed by atoms with Gasteiger partial charge in [0.1, 0.15) is 0 Å². The molecule has 0 spiro atoms. The van der Waals surface area contributed by atoms with Crippen molar-refractivity contribution in [2.45, 2.75) is 182 Å². The minimum atomic E-state index is -4.11. The lowest BCUT2D eigenvalue weighted by Gasteiger charge is -2.63. The second-order valence-corrected chi connectivity index (χ2v) is 28.1. The van der Waals surface area contributed by atoms with Crippen LogP contribution in [0, 0.1) is 92.7 Å². The molecule has 0 saturated heterocycles. The standard InChI is InChI=1S/C52H86N2O10S2/c1-31(7-13-45(57)53-23-25-65(59,60)61)37-9-11-39-47-41(17-21-51(37,39)5)49(3)19-15-33(27-35(49)29-43(47)55)34-16-20-50(4)36(28-34)30-44(56)48-40-12-10-38(52(40,6)22-18-42(48)50)32(2)8-14-46(58)54-24-26-66(62,63)64/h31-32,35-44,47-48,55-56H,7-30H2,1-6H3,(H,53,57)(H,54,58)(H,59,60,61)(H,62,63,64)/b34-33+/t31-,32-,35?,36?,37+,38+,39-,40+,41-,42+,43-,44+,47-,48+,49-,50+,51+,52-/m0/s1. The number of fused-ring (bicyclic) bond motifs is 10. The van der Waals surface area contributed by atoms with Crippen molar-refractivity contribution in [3.63, 3.8) is 0 Å². The minimum absolute atomic E-state index is 0.0779. The van der Waals surface area contributed by atoms with Gasteiger partial charge in [-0.2, -0.15) is 16.8 Å². The molecule has 0 aromatic heterocycles. The highest BCUT2D eigenvalue weighted by Gasteiger charge is 2.65. The summed E-state index contributed by atoms with van der Waals surface area (Å²) >= 11 is 0. The highest BCUT2D eigenvalue weighted by Crippen LogP contribution is 2.71. The van der Waals surface area contributed by atoms with Gasteiger partial charge >= 0.3 is 0 Å². The number of rotatable bonds is 14. The third-order valence-corrected chi connectivity index (χ3v) is 23.6. The zero-order chi connectivity index (χ0) is 47.8. The number of carbonyl (C=O) groups is 2. The highest BCUT2D eigenvalue weighted by atomic mass is 32.2. The molecule has 8 fully saturated rings. The highest BCUT2D eigenvalue weighted by molar-refractivity contribution is 7.86. The molecule has 2 amide bonds. The number of carbonyl (C=O) groups excluding carboxylic acids is 2. The molecule has 0 aromatic carbocycles.